The molecule has 1 heterocycles. The minimum absolute atomic E-state index is 0.189. The Morgan fingerprint density at radius 2 is 2.17 bits per heavy atom. The lowest BCUT2D eigenvalue weighted by Crippen LogP contribution is -2.76. The Kier molecular flexibility index (Phi) is 4.82. The average Bonchev–Trinajstić information content (AvgIpc) is 2.95. The fourth-order valence-electron chi connectivity index (χ4n) is 2.95. The van der Waals surface area contributed by atoms with Crippen molar-refractivity contribution in [3.63, 3.8) is 0 Å². The van der Waals surface area contributed by atoms with Gasteiger partial charge in [-0.2, -0.15) is 0 Å². The molecule has 0 saturated heterocycles. The van der Waals surface area contributed by atoms with Gasteiger partial charge in [-0.3, -0.25) is 4.79 Å². The van der Waals surface area contributed by atoms with E-state index in [4.69, 9.17) is 4.74 Å². The van der Waals surface area contributed by atoms with Crippen LogP contribution in [-0.4, -0.2) is 40.2 Å². The van der Waals surface area contributed by atoms with E-state index in [1.165, 1.54) is 11.3 Å². The van der Waals surface area contributed by atoms with Gasteiger partial charge in [0.25, 0.3) is 5.91 Å². The predicted molar refractivity (Wildman–Crippen MR) is 87.8 cm³/mol. The lowest BCUT2D eigenvalue weighted by Gasteiger charge is -2.58. The molecule has 1 aromatic heterocycles. The summed E-state index contributed by atoms with van der Waals surface area (Å²) in [6.07, 6.45) is 0.0707. The molecule has 1 fully saturated rings. The van der Waals surface area contributed by atoms with Crippen LogP contribution in [0.2, 0.25) is 0 Å². The molecule has 2 N–H and O–H groups in total. The molecule has 1 amide bonds. The Morgan fingerprint density at radius 1 is 1.52 bits per heavy atom. The van der Waals surface area contributed by atoms with Crippen LogP contribution in [0.1, 0.15) is 62.5 Å². The monoisotopic (exact) mass is 340 g/mol. The third kappa shape index (κ3) is 2.87. The van der Waals surface area contributed by atoms with Crippen molar-refractivity contribution in [1.82, 2.24) is 10.3 Å². The molecule has 6 nitrogen and oxygen atoms in total. The first-order valence-corrected chi connectivity index (χ1v) is 8.66. The molecule has 1 aliphatic carbocycles. The molecular formula is C16H24N2O4S. The quantitative estimate of drug-likeness (QED) is 0.831. The number of amides is 1. The van der Waals surface area contributed by atoms with Gasteiger partial charge < -0.3 is 15.2 Å². The van der Waals surface area contributed by atoms with E-state index in [9.17, 15) is 14.7 Å². The fraction of sp³-hybridized carbons (Fsp3) is 0.688. The first-order chi connectivity index (χ1) is 10.7. The second-order valence-electron chi connectivity index (χ2n) is 6.76. The summed E-state index contributed by atoms with van der Waals surface area (Å²) < 4.78 is 5.59. The largest absolute Gasteiger partial charge is 0.479 e. The van der Waals surface area contributed by atoms with Crippen molar-refractivity contribution in [3.8, 4) is 0 Å². The summed E-state index contributed by atoms with van der Waals surface area (Å²) in [6.45, 7) is 10.0. The van der Waals surface area contributed by atoms with Crippen molar-refractivity contribution in [2.75, 3.05) is 6.61 Å². The van der Waals surface area contributed by atoms with Crippen LogP contribution in [0.25, 0.3) is 0 Å². The van der Waals surface area contributed by atoms with E-state index >= 15 is 0 Å². The Bertz CT molecular complexity index is 611. The van der Waals surface area contributed by atoms with Crippen LogP contribution in [0, 0.1) is 5.41 Å². The zero-order valence-corrected chi connectivity index (χ0v) is 15.0. The number of thiazole rings is 1. The molecule has 0 spiro atoms. The normalized spacial score (nSPS) is 25.9. The molecule has 1 aromatic rings. The zero-order valence-electron chi connectivity index (χ0n) is 14.2. The highest BCUT2D eigenvalue weighted by Crippen LogP contribution is 2.51. The van der Waals surface area contributed by atoms with Crippen LogP contribution in [0.4, 0.5) is 0 Å². The van der Waals surface area contributed by atoms with E-state index in [-0.39, 0.29) is 24.1 Å². The number of aliphatic carboxylic acids is 1. The molecule has 23 heavy (non-hydrogen) atoms. The van der Waals surface area contributed by atoms with E-state index in [1.807, 2.05) is 34.6 Å². The first-order valence-electron chi connectivity index (χ1n) is 7.78. The van der Waals surface area contributed by atoms with Gasteiger partial charge in [0.1, 0.15) is 11.2 Å². The van der Waals surface area contributed by atoms with E-state index < -0.39 is 22.8 Å². The van der Waals surface area contributed by atoms with Crippen molar-refractivity contribution in [2.24, 2.45) is 5.41 Å². The van der Waals surface area contributed by atoms with Crippen molar-refractivity contribution in [2.45, 2.75) is 58.6 Å². The maximum absolute atomic E-state index is 12.5. The van der Waals surface area contributed by atoms with Gasteiger partial charge in [0.15, 0.2) is 0 Å². The maximum atomic E-state index is 12.5. The van der Waals surface area contributed by atoms with Crippen molar-refractivity contribution >= 4 is 23.2 Å². The van der Waals surface area contributed by atoms with Crippen molar-refractivity contribution in [1.29, 1.82) is 0 Å². The summed E-state index contributed by atoms with van der Waals surface area (Å²) in [7, 11) is 0. The minimum atomic E-state index is -1.33. The van der Waals surface area contributed by atoms with Crippen LogP contribution in [0.15, 0.2) is 5.38 Å². The zero-order chi connectivity index (χ0) is 17.4. The van der Waals surface area contributed by atoms with Gasteiger partial charge in [-0.1, -0.05) is 27.7 Å². The number of carbonyl (C=O) groups is 2. The Labute approximate surface area is 140 Å². The number of carboxylic acids is 1. The third-order valence-corrected chi connectivity index (χ3v) is 5.85. The summed E-state index contributed by atoms with van der Waals surface area (Å²) in [6, 6.07) is 0. The van der Waals surface area contributed by atoms with E-state index in [0.717, 1.165) is 5.01 Å². The number of carboxylic acid groups (broad SMARTS) is 1. The van der Waals surface area contributed by atoms with Gasteiger partial charge in [-0.05, 0) is 6.92 Å². The number of hydrogen-bond donors (Lipinski definition) is 2. The number of aromatic nitrogens is 1. The second-order valence-corrected chi connectivity index (χ2v) is 7.65. The fourth-order valence-corrected chi connectivity index (χ4v) is 3.77. The van der Waals surface area contributed by atoms with Crippen molar-refractivity contribution < 1.29 is 19.4 Å². The summed E-state index contributed by atoms with van der Waals surface area (Å²) in [5, 5.41) is 14.9. The van der Waals surface area contributed by atoms with Crippen LogP contribution in [-0.2, 0) is 9.53 Å². The average molecular weight is 340 g/mol. The molecule has 2 rings (SSSR count). The molecule has 0 radical (unpaired) electrons. The molecule has 7 heteroatoms. The standard InChI is InChI=1S/C16H24N2O4S/c1-6-22-11-7-16(14(20)21,15(11,4)5)18-12(19)10-8-23-13(17-10)9(2)3/h8-9,11H,6-7H2,1-5H3,(H,18,19)(H,20,21)/t11-,16+/m1/s1. The number of ether oxygens (including phenoxy) is 1. The summed E-state index contributed by atoms with van der Waals surface area (Å²) in [5.74, 6) is -1.25. The number of hydrogen-bond acceptors (Lipinski definition) is 5. The van der Waals surface area contributed by atoms with Gasteiger partial charge in [-0.15, -0.1) is 11.3 Å². The smallest absolute Gasteiger partial charge is 0.330 e. The van der Waals surface area contributed by atoms with Gasteiger partial charge in [-0.25, -0.2) is 9.78 Å². The van der Waals surface area contributed by atoms with Gasteiger partial charge >= 0.3 is 5.97 Å². The highest BCUT2D eigenvalue weighted by Gasteiger charge is 2.66. The van der Waals surface area contributed by atoms with Gasteiger partial charge in [0.05, 0.1) is 11.1 Å². The number of nitrogens with one attached hydrogen (secondary N) is 1. The molecule has 0 unspecified atom stereocenters. The third-order valence-electron chi connectivity index (χ3n) is 4.70. The van der Waals surface area contributed by atoms with E-state index in [0.29, 0.717) is 6.61 Å². The molecular weight excluding hydrogens is 316 g/mol. The molecule has 1 saturated carbocycles. The van der Waals surface area contributed by atoms with Crippen LogP contribution in [0.5, 0.6) is 0 Å². The molecule has 128 valence electrons. The highest BCUT2D eigenvalue weighted by molar-refractivity contribution is 7.09. The lowest BCUT2D eigenvalue weighted by molar-refractivity contribution is -0.190. The number of carbonyl (C=O) groups excluding carboxylic acids is 1. The van der Waals surface area contributed by atoms with E-state index in [1.54, 1.807) is 5.38 Å². The Morgan fingerprint density at radius 3 is 2.61 bits per heavy atom. The predicted octanol–water partition coefficient (Wildman–Crippen LogP) is 2.65. The first kappa shape index (κ1) is 17.9. The molecule has 1 aliphatic rings. The van der Waals surface area contributed by atoms with Crippen molar-refractivity contribution in [3.05, 3.63) is 16.1 Å². The summed E-state index contributed by atoms with van der Waals surface area (Å²) in [5.41, 5.74) is -1.75. The van der Waals surface area contributed by atoms with Crippen LogP contribution >= 0.6 is 11.3 Å². The van der Waals surface area contributed by atoms with Crippen LogP contribution in [0.3, 0.4) is 0 Å². The maximum Gasteiger partial charge on any atom is 0.330 e. The molecule has 0 bridgehead atoms. The molecule has 0 aromatic carbocycles. The Balaban J connectivity index is 2.20. The van der Waals surface area contributed by atoms with E-state index in [2.05, 4.69) is 10.3 Å². The SMILES string of the molecule is CCO[C@@H]1C[C@](NC(=O)c2csc(C(C)C)n2)(C(=O)O)C1(C)C. The molecule has 0 aliphatic heterocycles. The second kappa shape index (κ2) is 6.20. The lowest BCUT2D eigenvalue weighted by atomic mass is 9.54. The highest BCUT2D eigenvalue weighted by atomic mass is 32.1. The summed E-state index contributed by atoms with van der Waals surface area (Å²) in [4.78, 5) is 28.6. The van der Waals surface area contributed by atoms with Gasteiger partial charge in [0, 0.05) is 29.7 Å². The molecule has 2 atom stereocenters. The topological polar surface area (TPSA) is 88.5 Å². The van der Waals surface area contributed by atoms with Gasteiger partial charge in [0.2, 0.25) is 0 Å². The number of nitrogens with zero attached hydrogens (tertiary/aromatic N) is 1. The Hall–Kier alpha value is -1.47. The minimum Gasteiger partial charge on any atom is -0.479 e. The number of rotatable bonds is 6. The van der Waals surface area contributed by atoms with Crippen LogP contribution < -0.4 is 5.32 Å². The summed E-state index contributed by atoms with van der Waals surface area (Å²) >= 11 is 1.41.